The minimum Gasteiger partial charge on any atom is -0.475 e. The molecule has 0 radical (unpaired) electrons. The van der Waals surface area contributed by atoms with Gasteiger partial charge in [-0.2, -0.15) is 0 Å². The second-order valence-electron chi connectivity index (χ2n) is 5.44. The van der Waals surface area contributed by atoms with Crippen molar-refractivity contribution in [1.82, 2.24) is 4.98 Å². The SMILES string of the molecule is c1ccc(Oc2ncccc2C2=N[C@@H](c3ccccc3)CO2)cc1. The van der Waals surface area contributed by atoms with Crippen molar-refractivity contribution in [2.45, 2.75) is 6.04 Å². The van der Waals surface area contributed by atoms with Gasteiger partial charge in [-0.15, -0.1) is 0 Å². The molecule has 1 aliphatic rings. The number of hydrogen-bond donors (Lipinski definition) is 0. The molecule has 0 spiro atoms. The van der Waals surface area contributed by atoms with Crippen LogP contribution in [0.3, 0.4) is 0 Å². The molecule has 0 N–H and O–H groups in total. The number of benzene rings is 2. The monoisotopic (exact) mass is 316 g/mol. The van der Waals surface area contributed by atoms with Crippen LogP contribution in [0.1, 0.15) is 17.2 Å². The van der Waals surface area contributed by atoms with E-state index in [2.05, 4.69) is 17.1 Å². The maximum atomic E-state index is 5.89. The third kappa shape index (κ3) is 2.99. The van der Waals surface area contributed by atoms with Crippen molar-refractivity contribution in [3.8, 4) is 11.6 Å². The van der Waals surface area contributed by atoms with E-state index in [0.29, 0.717) is 18.4 Å². The zero-order chi connectivity index (χ0) is 16.2. The van der Waals surface area contributed by atoms with E-state index in [9.17, 15) is 0 Å². The summed E-state index contributed by atoms with van der Waals surface area (Å²) in [7, 11) is 0. The first kappa shape index (κ1) is 14.5. The highest BCUT2D eigenvalue weighted by Crippen LogP contribution is 2.29. The highest BCUT2D eigenvalue weighted by molar-refractivity contribution is 5.97. The van der Waals surface area contributed by atoms with Crippen LogP contribution in [-0.4, -0.2) is 17.5 Å². The van der Waals surface area contributed by atoms with Crippen molar-refractivity contribution >= 4 is 5.90 Å². The first-order chi connectivity index (χ1) is 11.9. The quantitative estimate of drug-likeness (QED) is 0.717. The number of pyridine rings is 1. The van der Waals surface area contributed by atoms with Crippen LogP contribution in [0.4, 0.5) is 0 Å². The van der Waals surface area contributed by atoms with E-state index in [1.54, 1.807) is 6.20 Å². The highest BCUT2D eigenvalue weighted by atomic mass is 16.5. The Morgan fingerprint density at radius 1 is 0.875 bits per heavy atom. The average molecular weight is 316 g/mol. The van der Waals surface area contributed by atoms with E-state index >= 15 is 0 Å². The smallest absolute Gasteiger partial charge is 0.231 e. The lowest BCUT2D eigenvalue weighted by Gasteiger charge is -2.09. The van der Waals surface area contributed by atoms with Gasteiger partial charge in [0, 0.05) is 6.20 Å². The summed E-state index contributed by atoms with van der Waals surface area (Å²) in [5, 5.41) is 0. The van der Waals surface area contributed by atoms with Gasteiger partial charge < -0.3 is 9.47 Å². The summed E-state index contributed by atoms with van der Waals surface area (Å²) in [6.07, 6.45) is 1.70. The molecular weight excluding hydrogens is 300 g/mol. The second-order valence-corrected chi connectivity index (χ2v) is 5.44. The molecule has 0 fully saturated rings. The summed E-state index contributed by atoms with van der Waals surface area (Å²) in [5.74, 6) is 1.80. The Labute approximate surface area is 140 Å². The normalized spacial score (nSPS) is 16.3. The Hall–Kier alpha value is -3.14. The van der Waals surface area contributed by atoms with Gasteiger partial charge in [0.2, 0.25) is 11.8 Å². The summed E-state index contributed by atoms with van der Waals surface area (Å²) in [6.45, 7) is 0.527. The molecule has 2 heterocycles. The Balaban J connectivity index is 1.63. The highest BCUT2D eigenvalue weighted by Gasteiger charge is 2.24. The van der Waals surface area contributed by atoms with E-state index in [1.807, 2.05) is 60.7 Å². The van der Waals surface area contributed by atoms with Gasteiger partial charge in [-0.25, -0.2) is 9.98 Å². The number of rotatable bonds is 4. The van der Waals surface area contributed by atoms with Crippen LogP contribution in [0, 0.1) is 0 Å². The standard InChI is InChI=1S/C20H16N2O2/c1-3-8-15(9-4-1)18-14-23-20(22-18)17-12-7-13-21-19(17)24-16-10-5-2-6-11-16/h1-13,18H,14H2/t18-/m1/s1. The summed E-state index contributed by atoms with van der Waals surface area (Å²) < 4.78 is 11.7. The van der Waals surface area contributed by atoms with Crippen molar-refractivity contribution in [2.24, 2.45) is 4.99 Å². The fourth-order valence-corrected chi connectivity index (χ4v) is 2.60. The largest absolute Gasteiger partial charge is 0.475 e. The van der Waals surface area contributed by atoms with Crippen LogP contribution < -0.4 is 4.74 Å². The molecule has 1 aromatic heterocycles. The van der Waals surface area contributed by atoms with Gasteiger partial charge >= 0.3 is 0 Å². The molecule has 1 atom stereocenters. The maximum absolute atomic E-state index is 5.89. The molecule has 0 unspecified atom stereocenters. The van der Waals surface area contributed by atoms with E-state index in [-0.39, 0.29) is 6.04 Å². The summed E-state index contributed by atoms with van der Waals surface area (Å²) in [4.78, 5) is 9.04. The fourth-order valence-electron chi connectivity index (χ4n) is 2.60. The molecule has 0 aliphatic carbocycles. The van der Waals surface area contributed by atoms with E-state index in [4.69, 9.17) is 14.5 Å². The van der Waals surface area contributed by atoms with Gasteiger partial charge in [-0.05, 0) is 29.8 Å². The van der Waals surface area contributed by atoms with Gasteiger partial charge in [0.25, 0.3) is 0 Å². The lowest BCUT2D eigenvalue weighted by molar-refractivity contribution is 0.318. The Kier molecular flexibility index (Phi) is 3.94. The van der Waals surface area contributed by atoms with Gasteiger partial charge in [0.05, 0.1) is 5.56 Å². The van der Waals surface area contributed by atoms with Crippen molar-refractivity contribution < 1.29 is 9.47 Å². The van der Waals surface area contributed by atoms with Gasteiger partial charge in [0.1, 0.15) is 18.4 Å². The van der Waals surface area contributed by atoms with Crippen LogP contribution in [0.2, 0.25) is 0 Å². The van der Waals surface area contributed by atoms with Crippen molar-refractivity contribution in [3.63, 3.8) is 0 Å². The first-order valence-electron chi connectivity index (χ1n) is 7.84. The first-order valence-corrected chi connectivity index (χ1v) is 7.84. The number of aromatic nitrogens is 1. The molecule has 1 aliphatic heterocycles. The fraction of sp³-hybridized carbons (Fsp3) is 0.100. The Bertz CT molecular complexity index is 848. The third-order valence-corrected chi connectivity index (χ3v) is 3.79. The van der Waals surface area contributed by atoms with E-state index < -0.39 is 0 Å². The molecule has 24 heavy (non-hydrogen) atoms. The average Bonchev–Trinajstić information content (AvgIpc) is 3.14. The van der Waals surface area contributed by atoms with Crippen molar-refractivity contribution in [1.29, 1.82) is 0 Å². The molecule has 0 saturated carbocycles. The predicted molar refractivity (Wildman–Crippen MR) is 92.4 cm³/mol. The van der Waals surface area contributed by atoms with Crippen LogP contribution in [0.15, 0.2) is 84.0 Å². The molecule has 2 aromatic carbocycles. The zero-order valence-electron chi connectivity index (χ0n) is 13.0. The van der Waals surface area contributed by atoms with Crippen LogP contribution in [0.5, 0.6) is 11.6 Å². The molecule has 4 rings (SSSR count). The predicted octanol–water partition coefficient (Wildman–Crippen LogP) is 4.39. The summed E-state index contributed by atoms with van der Waals surface area (Å²) in [5.41, 5.74) is 1.90. The lowest BCUT2D eigenvalue weighted by atomic mass is 10.1. The number of nitrogens with zero attached hydrogens (tertiary/aromatic N) is 2. The molecule has 3 aromatic rings. The number of para-hydroxylation sites is 1. The second kappa shape index (κ2) is 6.54. The summed E-state index contributed by atoms with van der Waals surface area (Å²) >= 11 is 0. The van der Waals surface area contributed by atoms with Crippen molar-refractivity contribution in [3.05, 3.63) is 90.1 Å². The number of aliphatic imine (C=N–C) groups is 1. The van der Waals surface area contributed by atoms with E-state index in [0.717, 1.165) is 16.9 Å². The molecule has 0 bridgehead atoms. The third-order valence-electron chi connectivity index (χ3n) is 3.79. The van der Waals surface area contributed by atoms with Gasteiger partial charge in [-0.3, -0.25) is 0 Å². The topological polar surface area (TPSA) is 43.7 Å². The molecule has 118 valence electrons. The van der Waals surface area contributed by atoms with Gasteiger partial charge in [0.15, 0.2) is 0 Å². The van der Waals surface area contributed by atoms with Crippen molar-refractivity contribution in [2.75, 3.05) is 6.61 Å². The summed E-state index contributed by atoms with van der Waals surface area (Å²) in [6, 6.07) is 23.5. The number of hydrogen-bond acceptors (Lipinski definition) is 4. The minimum atomic E-state index is 0.00554. The van der Waals surface area contributed by atoms with Crippen LogP contribution in [0.25, 0.3) is 0 Å². The molecular formula is C20H16N2O2. The van der Waals surface area contributed by atoms with Gasteiger partial charge in [-0.1, -0.05) is 48.5 Å². The Morgan fingerprint density at radius 3 is 2.42 bits per heavy atom. The Morgan fingerprint density at radius 2 is 1.62 bits per heavy atom. The van der Waals surface area contributed by atoms with E-state index in [1.165, 1.54) is 0 Å². The molecule has 4 heteroatoms. The van der Waals surface area contributed by atoms with Crippen LogP contribution in [-0.2, 0) is 4.74 Å². The number of ether oxygens (including phenoxy) is 2. The lowest BCUT2D eigenvalue weighted by Crippen LogP contribution is -2.04. The van der Waals surface area contributed by atoms with Crippen LogP contribution >= 0.6 is 0 Å². The maximum Gasteiger partial charge on any atom is 0.231 e. The molecule has 0 amide bonds. The molecule has 4 nitrogen and oxygen atoms in total. The molecule has 0 saturated heterocycles. The zero-order valence-corrected chi connectivity index (χ0v) is 13.0. The minimum absolute atomic E-state index is 0.00554.